The lowest BCUT2D eigenvalue weighted by molar-refractivity contribution is 1.18. The van der Waals surface area contributed by atoms with Crippen molar-refractivity contribution in [1.29, 1.82) is 0 Å². The number of para-hydroxylation sites is 3. The SMILES string of the molecule is c1ccc(-c2cc(-c3ccccc3)cc(N(c3ccccc3-c3cccc4c3sc3ccccc34)c3cccc4c3c3ccccc3n4-c3ccccc3)c2)cc1. The van der Waals surface area contributed by atoms with Crippen LogP contribution in [0.15, 0.2) is 218 Å². The van der Waals surface area contributed by atoms with Crippen LogP contribution >= 0.6 is 11.3 Å². The second-order valence-electron chi connectivity index (χ2n) is 14.5. The van der Waals surface area contributed by atoms with Gasteiger partial charge in [-0.2, -0.15) is 0 Å². The molecule has 0 fully saturated rings. The van der Waals surface area contributed by atoms with E-state index in [0.717, 1.165) is 28.3 Å². The molecular weight excluding hydrogens is 709 g/mol. The molecule has 0 aliphatic heterocycles. The van der Waals surface area contributed by atoms with Crippen LogP contribution in [-0.4, -0.2) is 4.57 Å². The number of nitrogens with zero attached hydrogens (tertiary/aromatic N) is 2. The minimum absolute atomic E-state index is 1.09. The van der Waals surface area contributed by atoms with E-state index in [2.05, 4.69) is 228 Å². The van der Waals surface area contributed by atoms with Crippen LogP contribution < -0.4 is 4.90 Å². The molecule has 2 aromatic heterocycles. The first-order chi connectivity index (χ1) is 28.3. The van der Waals surface area contributed by atoms with Crippen LogP contribution in [0, 0.1) is 0 Å². The van der Waals surface area contributed by atoms with E-state index < -0.39 is 0 Å². The fraction of sp³-hybridized carbons (Fsp3) is 0. The molecule has 3 heteroatoms. The fourth-order valence-electron chi connectivity index (χ4n) is 8.64. The molecule has 0 N–H and O–H groups in total. The van der Waals surface area contributed by atoms with Crippen molar-refractivity contribution in [1.82, 2.24) is 4.57 Å². The van der Waals surface area contributed by atoms with Crippen molar-refractivity contribution >= 4 is 70.4 Å². The van der Waals surface area contributed by atoms with Crippen LogP contribution in [0.5, 0.6) is 0 Å². The molecule has 9 aromatic carbocycles. The van der Waals surface area contributed by atoms with E-state index in [1.54, 1.807) is 0 Å². The maximum Gasteiger partial charge on any atom is 0.0562 e. The van der Waals surface area contributed by atoms with Gasteiger partial charge in [-0.25, -0.2) is 0 Å². The largest absolute Gasteiger partial charge is 0.309 e. The van der Waals surface area contributed by atoms with Gasteiger partial charge in [-0.1, -0.05) is 158 Å². The zero-order valence-electron chi connectivity index (χ0n) is 31.1. The average Bonchev–Trinajstić information content (AvgIpc) is 3.84. The standard InChI is InChI=1S/C54H36N2S/c1-4-18-37(19-5-1)39-34-40(38-20-6-2-7-21-38)36-42(35-39)56(48-29-13-10-24-43(48)45-27-16-28-46-44-25-12-15-33-52(44)57-54(45)46)51-32-17-31-50-53(51)47-26-11-14-30-49(47)55(50)41-22-8-3-9-23-41/h1-36H. The minimum Gasteiger partial charge on any atom is -0.309 e. The van der Waals surface area contributed by atoms with Gasteiger partial charge in [-0.05, 0) is 82.9 Å². The van der Waals surface area contributed by atoms with Crippen LogP contribution in [0.3, 0.4) is 0 Å². The topological polar surface area (TPSA) is 8.17 Å². The average molecular weight is 745 g/mol. The molecule has 0 aliphatic rings. The summed E-state index contributed by atoms with van der Waals surface area (Å²) < 4.78 is 5.01. The number of rotatable bonds is 7. The van der Waals surface area contributed by atoms with Crippen molar-refractivity contribution in [3.63, 3.8) is 0 Å². The maximum atomic E-state index is 2.52. The lowest BCUT2D eigenvalue weighted by Gasteiger charge is -2.30. The van der Waals surface area contributed by atoms with E-state index in [4.69, 9.17) is 0 Å². The summed E-state index contributed by atoms with van der Waals surface area (Å²) in [7, 11) is 0. The van der Waals surface area contributed by atoms with Gasteiger partial charge in [0.05, 0.1) is 22.4 Å². The van der Waals surface area contributed by atoms with E-state index in [1.807, 2.05) is 11.3 Å². The van der Waals surface area contributed by atoms with Crippen molar-refractivity contribution in [2.45, 2.75) is 0 Å². The second kappa shape index (κ2) is 13.8. The Kier molecular flexibility index (Phi) is 8.04. The fourth-order valence-corrected chi connectivity index (χ4v) is 9.87. The second-order valence-corrected chi connectivity index (χ2v) is 15.5. The van der Waals surface area contributed by atoms with Crippen molar-refractivity contribution in [2.75, 3.05) is 4.90 Å². The predicted octanol–water partition coefficient (Wildman–Crippen LogP) is 15.6. The van der Waals surface area contributed by atoms with Gasteiger partial charge < -0.3 is 9.47 Å². The molecule has 11 rings (SSSR count). The number of fused-ring (bicyclic) bond motifs is 6. The zero-order valence-corrected chi connectivity index (χ0v) is 31.9. The van der Waals surface area contributed by atoms with Crippen molar-refractivity contribution in [2.24, 2.45) is 0 Å². The molecule has 0 radical (unpaired) electrons. The third-order valence-electron chi connectivity index (χ3n) is 11.2. The molecule has 2 nitrogen and oxygen atoms in total. The molecule has 0 unspecified atom stereocenters. The molecule has 11 aromatic rings. The van der Waals surface area contributed by atoms with E-state index >= 15 is 0 Å². The first-order valence-corrected chi connectivity index (χ1v) is 20.3. The number of hydrogen-bond donors (Lipinski definition) is 0. The molecule has 0 saturated carbocycles. The number of benzene rings is 9. The number of thiophene rings is 1. The Morgan fingerprint density at radius 1 is 0.368 bits per heavy atom. The molecule has 57 heavy (non-hydrogen) atoms. The summed E-state index contributed by atoms with van der Waals surface area (Å²) in [6.07, 6.45) is 0. The van der Waals surface area contributed by atoms with Gasteiger partial charge in [0.25, 0.3) is 0 Å². The Hall–Kier alpha value is -7.20. The number of aromatic nitrogens is 1. The van der Waals surface area contributed by atoms with E-state index in [0.29, 0.717) is 0 Å². The number of anilines is 3. The quantitative estimate of drug-likeness (QED) is 0.158. The Bertz CT molecular complexity index is 3180. The smallest absolute Gasteiger partial charge is 0.0562 e. The molecular formula is C54H36N2S. The summed E-state index contributed by atoms with van der Waals surface area (Å²) in [4.78, 5) is 2.52. The molecule has 0 atom stereocenters. The third kappa shape index (κ3) is 5.63. The van der Waals surface area contributed by atoms with Gasteiger partial charge in [-0.3, -0.25) is 0 Å². The van der Waals surface area contributed by atoms with Gasteiger partial charge in [0.2, 0.25) is 0 Å². The monoisotopic (exact) mass is 744 g/mol. The van der Waals surface area contributed by atoms with Crippen LogP contribution in [0.2, 0.25) is 0 Å². The minimum atomic E-state index is 1.09. The van der Waals surface area contributed by atoms with Gasteiger partial charge in [-0.15, -0.1) is 11.3 Å². The first-order valence-electron chi connectivity index (χ1n) is 19.4. The lowest BCUT2D eigenvalue weighted by atomic mass is 9.95. The van der Waals surface area contributed by atoms with Crippen LogP contribution in [0.4, 0.5) is 17.1 Å². The molecule has 0 saturated heterocycles. The Morgan fingerprint density at radius 3 is 1.67 bits per heavy atom. The highest BCUT2D eigenvalue weighted by Crippen LogP contribution is 2.50. The van der Waals surface area contributed by atoms with Gasteiger partial charge in [0.1, 0.15) is 0 Å². The van der Waals surface area contributed by atoms with Crippen LogP contribution in [0.25, 0.3) is 81.0 Å². The molecule has 0 aliphatic carbocycles. The predicted molar refractivity (Wildman–Crippen MR) is 245 cm³/mol. The molecule has 0 spiro atoms. The molecule has 0 amide bonds. The molecule has 0 bridgehead atoms. The summed E-state index contributed by atoms with van der Waals surface area (Å²) in [5, 5.41) is 5.01. The van der Waals surface area contributed by atoms with Crippen molar-refractivity contribution in [3.05, 3.63) is 218 Å². The highest BCUT2D eigenvalue weighted by molar-refractivity contribution is 7.26. The zero-order chi connectivity index (χ0) is 37.7. The van der Waals surface area contributed by atoms with Crippen LogP contribution in [-0.2, 0) is 0 Å². The Labute approximate surface area is 335 Å². The highest BCUT2D eigenvalue weighted by Gasteiger charge is 2.25. The normalized spacial score (nSPS) is 11.5. The first kappa shape index (κ1) is 33.2. The highest BCUT2D eigenvalue weighted by atomic mass is 32.1. The Balaban J connectivity index is 1.26. The summed E-state index contributed by atoms with van der Waals surface area (Å²) in [5.41, 5.74) is 13.9. The maximum absolute atomic E-state index is 2.52. The van der Waals surface area contributed by atoms with Crippen LogP contribution in [0.1, 0.15) is 0 Å². The van der Waals surface area contributed by atoms with Crippen molar-refractivity contribution < 1.29 is 0 Å². The summed E-state index contributed by atoms with van der Waals surface area (Å²) in [6.45, 7) is 0. The summed E-state index contributed by atoms with van der Waals surface area (Å²) in [5.74, 6) is 0. The van der Waals surface area contributed by atoms with Gasteiger partial charge in [0, 0.05) is 53.4 Å². The molecule has 2 heterocycles. The third-order valence-corrected chi connectivity index (χ3v) is 12.4. The van der Waals surface area contributed by atoms with E-state index in [1.165, 1.54) is 69.8 Å². The van der Waals surface area contributed by atoms with Gasteiger partial charge in [0.15, 0.2) is 0 Å². The summed E-state index contributed by atoms with van der Waals surface area (Å²) >= 11 is 1.88. The van der Waals surface area contributed by atoms with Gasteiger partial charge >= 0.3 is 0 Å². The summed E-state index contributed by atoms with van der Waals surface area (Å²) in [6, 6.07) is 79.5. The van der Waals surface area contributed by atoms with E-state index in [-0.39, 0.29) is 0 Å². The molecule has 268 valence electrons. The number of hydrogen-bond acceptors (Lipinski definition) is 2. The van der Waals surface area contributed by atoms with Crippen molar-refractivity contribution in [3.8, 4) is 39.1 Å². The Morgan fingerprint density at radius 2 is 0.912 bits per heavy atom. The van der Waals surface area contributed by atoms with E-state index in [9.17, 15) is 0 Å². The lowest BCUT2D eigenvalue weighted by Crippen LogP contribution is -2.12.